The first-order valence-corrected chi connectivity index (χ1v) is 12.9. The van der Waals surface area contributed by atoms with Crippen LogP contribution in [0, 0.1) is 0 Å². The lowest BCUT2D eigenvalue weighted by Crippen LogP contribution is -2.19. The van der Waals surface area contributed by atoms with Gasteiger partial charge in [-0.25, -0.2) is 4.79 Å². The van der Waals surface area contributed by atoms with E-state index >= 15 is 0 Å². The number of rotatable bonds is 7. The number of thiophene rings is 1. The molecule has 0 unspecified atom stereocenters. The maximum atomic E-state index is 12.8. The number of ether oxygens (including phenoxy) is 1. The number of esters is 1. The zero-order valence-corrected chi connectivity index (χ0v) is 21.1. The van der Waals surface area contributed by atoms with Crippen LogP contribution >= 0.6 is 34.7 Å². The van der Waals surface area contributed by atoms with E-state index in [0.29, 0.717) is 26.6 Å². The monoisotopic (exact) mass is 504 g/mol. The van der Waals surface area contributed by atoms with Gasteiger partial charge in [-0.3, -0.25) is 4.79 Å². The standard InChI is InChI=1S/C23H25ClN4O3S2/c1-13(2)31-22(30)19-16-9-4-5-10-17(16)33-21(19)25-18(29)12-32-23-27-26-20(28(23)3)14-7-6-8-15(24)11-14/h6-8,11,13H,4-5,9-10,12H2,1-3H3,(H,25,29). The van der Waals surface area contributed by atoms with Gasteiger partial charge in [-0.15, -0.1) is 21.5 Å². The SMILES string of the molecule is CC(C)OC(=O)c1c(NC(=O)CSc2nnc(-c3cccc(Cl)c3)n2C)sc2c1CCCC2. The first-order chi connectivity index (χ1) is 15.8. The summed E-state index contributed by atoms with van der Waals surface area (Å²) >= 11 is 8.86. The molecule has 2 heterocycles. The van der Waals surface area contributed by atoms with Gasteiger partial charge in [0.25, 0.3) is 0 Å². The summed E-state index contributed by atoms with van der Waals surface area (Å²) in [5, 5.41) is 13.2. The molecule has 7 nitrogen and oxygen atoms in total. The van der Waals surface area contributed by atoms with Crippen molar-refractivity contribution < 1.29 is 14.3 Å². The summed E-state index contributed by atoms with van der Waals surface area (Å²) in [5.41, 5.74) is 2.40. The van der Waals surface area contributed by atoms with Crippen LogP contribution in [0.25, 0.3) is 11.4 Å². The van der Waals surface area contributed by atoms with Gasteiger partial charge >= 0.3 is 5.97 Å². The van der Waals surface area contributed by atoms with Gasteiger partial charge in [-0.1, -0.05) is 35.5 Å². The number of halogens is 1. The van der Waals surface area contributed by atoms with Crippen LogP contribution in [0.2, 0.25) is 5.02 Å². The highest BCUT2D eigenvalue weighted by Gasteiger charge is 2.28. The molecule has 0 bridgehead atoms. The van der Waals surface area contributed by atoms with Crippen LogP contribution in [-0.4, -0.2) is 38.5 Å². The molecule has 0 spiro atoms. The minimum Gasteiger partial charge on any atom is -0.459 e. The van der Waals surface area contributed by atoms with E-state index in [1.165, 1.54) is 28.0 Å². The lowest BCUT2D eigenvalue weighted by molar-refractivity contribution is -0.113. The molecule has 0 radical (unpaired) electrons. The Morgan fingerprint density at radius 1 is 1.27 bits per heavy atom. The van der Waals surface area contributed by atoms with Crippen molar-refractivity contribution in [3.63, 3.8) is 0 Å². The Morgan fingerprint density at radius 2 is 2.06 bits per heavy atom. The molecule has 1 aromatic carbocycles. The van der Waals surface area contributed by atoms with Crippen molar-refractivity contribution >= 4 is 51.6 Å². The molecule has 0 atom stereocenters. The normalized spacial score (nSPS) is 13.1. The Kier molecular flexibility index (Phi) is 7.41. The zero-order chi connectivity index (χ0) is 23.5. The Morgan fingerprint density at radius 3 is 2.82 bits per heavy atom. The van der Waals surface area contributed by atoms with Crippen molar-refractivity contribution in [1.29, 1.82) is 0 Å². The van der Waals surface area contributed by atoms with Gasteiger partial charge < -0.3 is 14.6 Å². The fraction of sp³-hybridized carbons (Fsp3) is 0.391. The van der Waals surface area contributed by atoms with E-state index in [2.05, 4.69) is 15.5 Å². The number of aromatic nitrogens is 3. The molecule has 0 aliphatic heterocycles. The summed E-state index contributed by atoms with van der Waals surface area (Å²) in [6.07, 6.45) is 3.68. The number of carbonyl (C=O) groups excluding carboxylic acids is 2. The smallest absolute Gasteiger partial charge is 0.341 e. The molecule has 2 aromatic heterocycles. The Bertz CT molecular complexity index is 1190. The number of hydrogen-bond donors (Lipinski definition) is 1. The molecule has 4 rings (SSSR count). The van der Waals surface area contributed by atoms with Crippen LogP contribution in [0.1, 0.15) is 47.5 Å². The molecule has 1 aliphatic carbocycles. The number of aryl methyl sites for hydroxylation is 1. The van der Waals surface area contributed by atoms with E-state index in [4.69, 9.17) is 16.3 Å². The van der Waals surface area contributed by atoms with Crippen LogP contribution in [0.3, 0.4) is 0 Å². The number of fused-ring (bicyclic) bond motifs is 1. The molecule has 3 aromatic rings. The van der Waals surface area contributed by atoms with E-state index in [1.54, 1.807) is 6.07 Å². The van der Waals surface area contributed by atoms with Gasteiger partial charge in [0.2, 0.25) is 5.91 Å². The van der Waals surface area contributed by atoms with Crippen LogP contribution in [-0.2, 0) is 29.4 Å². The third-order valence-corrected chi connectivity index (χ3v) is 7.68. The number of benzene rings is 1. The van der Waals surface area contributed by atoms with Gasteiger partial charge in [0, 0.05) is 22.5 Å². The highest BCUT2D eigenvalue weighted by molar-refractivity contribution is 7.99. The van der Waals surface area contributed by atoms with Gasteiger partial charge in [0.15, 0.2) is 11.0 Å². The second-order valence-electron chi connectivity index (χ2n) is 8.08. The number of nitrogens with zero attached hydrogens (tertiary/aromatic N) is 3. The van der Waals surface area contributed by atoms with Gasteiger partial charge in [0.1, 0.15) is 5.00 Å². The van der Waals surface area contributed by atoms with E-state index < -0.39 is 0 Å². The quantitative estimate of drug-likeness (QED) is 0.344. The average Bonchev–Trinajstić information content (AvgIpc) is 3.31. The summed E-state index contributed by atoms with van der Waals surface area (Å²) in [4.78, 5) is 26.7. The van der Waals surface area contributed by atoms with Crippen molar-refractivity contribution in [1.82, 2.24) is 14.8 Å². The van der Waals surface area contributed by atoms with Crippen LogP contribution in [0.4, 0.5) is 5.00 Å². The summed E-state index contributed by atoms with van der Waals surface area (Å²) in [5.74, 6) is 0.240. The first-order valence-electron chi connectivity index (χ1n) is 10.8. The second-order valence-corrected chi connectivity index (χ2v) is 10.6. The van der Waals surface area contributed by atoms with Crippen molar-refractivity contribution in [3.8, 4) is 11.4 Å². The van der Waals surface area contributed by atoms with E-state index in [0.717, 1.165) is 36.8 Å². The minimum atomic E-state index is -0.369. The minimum absolute atomic E-state index is 0.142. The fourth-order valence-corrected chi connectivity index (χ4v) is 5.95. The topological polar surface area (TPSA) is 86.1 Å². The predicted octanol–water partition coefficient (Wildman–Crippen LogP) is 5.37. The molecule has 33 heavy (non-hydrogen) atoms. The van der Waals surface area contributed by atoms with E-state index in [-0.39, 0.29) is 23.7 Å². The van der Waals surface area contributed by atoms with E-state index in [1.807, 2.05) is 43.7 Å². The van der Waals surface area contributed by atoms with E-state index in [9.17, 15) is 9.59 Å². The number of nitrogens with one attached hydrogen (secondary N) is 1. The summed E-state index contributed by atoms with van der Waals surface area (Å²) < 4.78 is 7.29. The van der Waals surface area contributed by atoms with Gasteiger partial charge in [-0.05, 0) is 57.2 Å². The third-order valence-electron chi connectivity index (χ3n) is 5.22. The van der Waals surface area contributed by atoms with Crippen molar-refractivity contribution in [3.05, 3.63) is 45.3 Å². The van der Waals surface area contributed by atoms with Gasteiger partial charge in [-0.2, -0.15) is 0 Å². The van der Waals surface area contributed by atoms with Crippen LogP contribution < -0.4 is 5.32 Å². The molecule has 0 saturated carbocycles. The van der Waals surface area contributed by atoms with Crippen molar-refractivity contribution in [2.45, 2.75) is 50.8 Å². The number of amides is 1. The van der Waals surface area contributed by atoms with Crippen LogP contribution in [0.15, 0.2) is 29.4 Å². The van der Waals surface area contributed by atoms with Crippen LogP contribution in [0.5, 0.6) is 0 Å². The number of hydrogen-bond acceptors (Lipinski definition) is 7. The number of anilines is 1. The zero-order valence-electron chi connectivity index (χ0n) is 18.7. The summed E-state index contributed by atoms with van der Waals surface area (Å²) in [6.45, 7) is 3.65. The number of thioether (sulfide) groups is 1. The highest BCUT2D eigenvalue weighted by Crippen LogP contribution is 2.39. The highest BCUT2D eigenvalue weighted by atomic mass is 35.5. The van der Waals surface area contributed by atoms with Crippen molar-refractivity contribution in [2.24, 2.45) is 7.05 Å². The molecular weight excluding hydrogens is 480 g/mol. The predicted molar refractivity (Wildman–Crippen MR) is 132 cm³/mol. The maximum absolute atomic E-state index is 12.8. The molecule has 0 fully saturated rings. The molecule has 1 N–H and O–H groups in total. The van der Waals surface area contributed by atoms with Crippen molar-refractivity contribution in [2.75, 3.05) is 11.1 Å². The molecular formula is C23H25ClN4O3S2. The second kappa shape index (κ2) is 10.3. The molecule has 10 heteroatoms. The maximum Gasteiger partial charge on any atom is 0.341 e. The number of carbonyl (C=O) groups is 2. The Hall–Kier alpha value is -2.36. The van der Waals surface area contributed by atoms with Gasteiger partial charge in [0.05, 0.1) is 17.4 Å². The lowest BCUT2D eigenvalue weighted by Gasteiger charge is -2.14. The molecule has 1 aliphatic rings. The molecule has 1 amide bonds. The average molecular weight is 505 g/mol. The molecule has 174 valence electrons. The Balaban J connectivity index is 1.47. The lowest BCUT2D eigenvalue weighted by atomic mass is 9.95. The fourth-order valence-electron chi connectivity index (χ4n) is 3.76. The largest absolute Gasteiger partial charge is 0.459 e. The summed E-state index contributed by atoms with van der Waals surface area (Å²) in [7, 11) is 1.85. The third kappa shape index (κ3) is 5.42. The summed E-state index contributed by atoms with van der Waals surface area (Å²) in [6, 6.07) is 7.39. The Labute approximate surface area is 205 Å². The first kappa shape index (κ1) is 23.8. The molecule has 0 saturated heterocycles.